The molecule has 198 valence electrons. The number of aromatic nitrogens is 2. The molecule has 0 N–H and O–H groups in total. The molecule has 11 heteroatoms. The van der Waals surface area contributed by atoms with E-state index in [0.29, 0.717) is 42.9 Å². The summed E-state index contributed by atoms with van der Waals surface area (Å²) in [6.07, 6.45) is 1.53. The number of methoxy groups -OCH3 is 1. The van der Waals surface area contributed by atoms with E-state index in [0.717, 1.165) is 9.86 Å². The predicted octanol–water partition coefficient (Wildman–Crippen LogP) is 6.01. The average molecular weight is 702 g/mol. The van der Waals surface area contributed by atoms with Crippen molar-refractivity contribution in [3.05, 3.63) is 84.6 Å². The fraction of sp³-hybridized carbons (Fsp3) is 0.143. The fourth-order valence-corrected chi connectivity index (χ4v) is 5.09. The van der Waals surface area contributed by atoms with Crippen LogP contribution in [0.15, 0.2) is 79.4 Å². The minimum atomic E-state index is -0.477. The molecule has 3 aromatic carbocycles. The monoisotopic (exact) mass is 701 g/mol. The van der Waals surface area contributed by atoms with Gasteiger partial charge in [0.2, 0.25) is 5.82 Å². The summed E-state index contributed by atoms with van der Waals surface area (Å²) in [6, 6.07) is 18.0. The number of hydrogen-bond acceptors (Lipinski definition) is 8. The highest BCUT2D eigenvalue weighted by Crippen LogP contribution is 2.34. The van der Waals surface area contributed by atoms with Crippen LogP contribution in [-0.2, 0) is 9.53 Å². The van der Waals surface area contributed by atoms with Gasteiger partial charge in [-0.15, -0.1) is 0 Å². The van der Waals surface area contributed by atoms with Gasteiger partial charge in [-0.05, 0) is 83.6 Å². The third-order valence-electron chi connectivity index (χ3n) is 5.67. The smallest absolute Gasteiger partial charge is 0.344 e. The van der Waals surface area contributed by atoms with E-state index in [-0.39, 0.29) is 24.6 Å². The lowest BCUT2D eigenvalue weighted by Crippen LogP contribution is -2.20. The Balaban J connectivity index is 1.57. The topological polar surface area (TPSA) is 105 Å². The highest BCUT2D eigenvalue weighted by atomic mass is 127. The van der Waals surface area contributed by atoms with Gasteiger partial charge in [-0.25, -0.2) is 9.78 Å². The number of ether oxygens (including phenoxy) is 3. The maximum absolute atomic E-state index is 13.5. The number of furan rings is 1. The van der Waals surface area contributed by atoms with Crippen LogP contribution in [0, 0.1) is 3.57 Å². The normalized spacial score (nSPS) is 11.4. The largest absolute Gasteiger partial charge is 0.493 e. The first-order chi connectivity index (χ1) is 18.9. The molecule has 0 radical (unpaired) electrons. The fourth-order valence-electron chi connectivity index (χ4n) is 3.93. The molecule has 0 unspecified atom stereocenters. The number of benzene rings is 3. The van der Waals surface area contributed by atoms with Crippen LogP contribution in [0.4, 0.5) is 0 Å². The summed E-state index contributed by atoms with van der Waals surface area (Å²) >= 11 is 5.56. The van der Waals surface area contributed by atoms with Gasteiger partial charge in [0.05, 0.1) is 34.4 Å². The molecule has 2 heterocycles. The van der Waals surface area contributed by atoms with Crippen LogP contribution < -0.4 is 15.0 Å². The summed E-state index contributed by atoms with van der Waals surface area (Å²) in [4.78, 5) is 30.0. The summed E-state index contributed by atoms with van der Waals surface area (Å²) < 4.78 is 24.9. The zero-order valence-electron chi connectivity index (χ0n) is 20.8. The van der Waals surface area contributed by atoms with Crippen LogP contribution in [0.5, 0.6) is 11.5 Å². The highest BCUT2D eigenvalue weighted by Gasteiger charge is 2.17. The van der Waals surface area contributed by atoms with E-state index >= 15 is 0 Å². The van der Waals surface area contributed by atoms with Crippen LogP contribution in [0.25, 0.3) is 33.5 Å². The van der Waals surface area contributed by atoms with Crippen molar-refractivity contribution < 1.29 is 23.4 Å². The van der Waals surface area contributed by atoms with E-state index in [2.05, 4.69) is 43.6 Å². The van der Waals surface area contributed by atoms with Crippen molar-refractivity contribution in [3.63, 3.8) is 0 Å². The number of fused-ring (bicyclic) bond motifs is 2. The number of hydrogen-bond donors (Lipinski definition) is 0. The molecule has 0 fully saturated rings. The van der Waals surface area contributed by atoms with Gasteiger partial charge in [-0.2, -0.15) is 9.78 Å². The second kappa shape index (κ2) is 11.6. The SMILES string of the molecule is CCOC(=O)COc1c(I)cc(C=Nn2c(-c3cc4cc(Br)ccc4o3)nc3ccccc3c2=O)cc1OC. The minimum Gasteiger partial charge on any atom is -0.493 e. The van der Waals surface area contributed by atoms with Crippen molar-refractivity contribution in [1.82, 2.24) is 9.66 Å². The number of carbonyl (C=O) groups is 1. The number of rotatable bonds is 8. The summed E-state index contributed by atoms with van der Waals surface area (Å²) in [6.45, 7) is 1.75. The van der Waals surface area contributed by atoms with Gasteiger partial charge in [0.15, 0.2) is 23.9 Å². The lowest BCUT2D eigenvalue weighted by atomic mass is 10.2. The molecule has 5 rings (SSSR count). The second-order valence-corrected chi connectivity index (χ2v) is 10.3. The number of carbonyl (C=O) groups excluding carboxylic acids is 1. The van der Waals surface area contributed by atoms with Crippen molar-refractivity contribution in [3.8, 4) is 23.1 Å². The Hall–Kier alpha value is -3.71. The Morgan fingerprint density at radius 2 is 2.00 bits per heavy atom. The molecule has 0 aliphatic carbocycles. The summed E-state index contributed by atoms with van der Waals surface area (Å²) in [7, 11) is 1.50. The quantitative estimate of drug-likeness (QED) is 0.111. The van der Waals surface area contributed by atoms with Crippen molar-refractivity contribution >= 4 is 72.6 Å². The van der Waals surface area contributed by atoms with Crippen LogP contribution in [0.3, 0.4) is 0 Å². The molecule has 2 aromatic heterocycles. The van der Waals surface area contributed by atoms with Gasteiger partial charge < -0.3 is 18.6 Å². The molecule has 0 spiro atoms. The van der Waals surface area contributed by atoms with Crippen LogP contribution >= 0.6 is 38.5 Å². The first-order valence-corrected chi connectivity index (χ1v) is 13.7. The Kier molecular flexibility index (Phi) is 7.98. The number of nitrogens with zero attached hydrogens (tertiary/aromatic N) is 3. The summed E-state index contributed by atoms with van der Waals surface area (Å²) in [5.74, 6) is 0.993. The Morgan fingerprint density at radius 3 is 2.79 bits per heavy atom. The highest BCUT2D eigenvalue weighted by molar-refractivity contribution is 14.1. The summed E-state index contributed by atoms with van der Waals surface area (Å²) in [5, 5.41) is 5.79. The van der Waals surface area contributed by atoms with Crippen LogP contribution in [0.1, 0.15) is 12.5 Å². The molecule has 0 aliphatic heterocycles. The van der Waals surface area contributed by atoms with Gasteiger partial charge >= 0.3 is 5.97 Å². The molecule has 0 bridgehead atoms. The lowest BCUT2D eigenvalue weighted by Gasteiger charge is -2.13. The predicted molar refractivity (Wildman–Crippen MR) is 160 cm³/mol. The van der Waals surface area contributed by atoms with Crippen LogP contribution in [0.2, 0.25) is 0 Å². The first kappa shape index (κ1) is 26.9. The zero-order valence-corrected chi connectivity index (χ0v) is 24.6. The van der Waals surface area contributed by atoms with E-state index in [4.69, 9.17) is 23.6 Å². The molecule has 0 amide bonds. The zero-order chi connectivity index (χ0) is 27.5. The van der Waals surface area contributed by atoms with Crippen molar-refractivity contribution in [2.45, 2.75) is 6.92 Å². The Bertz CT molecular complexity index is 1800. The van der Waals surface area contributed by atoms with Crippen molar-refractivity contribution in [2.75, 3.05) is 20.3 Å². The van der Waals surface area contributed by atoms with Crippen molar-refractivity contribution in [1.29, 1.82) is 0 Å². The molecule has 0 saturated carbocycles. The minimum absolute atomic E-state index is 0.247. The van der Waals surface area contributed by atoms with Gasteiger partial charge in [0.25, 0.3) is 5.56 Å². The van der Waals surface area contributed by atoms with E-state index in [1.165, 1.54) is 18.0 Å². The van der Waals surface area contributed by atoms with Gasteiger partial charge in [0, 0.05) is 9.86 Å². The van der Waals surface area contributed by atoms with E-state index < -0.39 is 5.97 Å². The van der Waals surface area contributed by atoms with E-state index in [1.54, 1.807) is 37.3 Å². The number of halogens is 2. The lowest BCUT2D eigenvalue weighted by molar-refractivity contribution is -0.145. The first-order valence-electron chi connectivity index (χ1n) is 11.8. The molecule has 39 heavy (non-hydrogen) atoms. The van der Waals surface area contributed by atoms with Crippen molar-refractivity contribution in [2.24, 2.45) is 5.10 Å². The molecule has 9 nitrogen and oxygen atoms in total. The average Bonchev–Trinajstić information content (AvgIpc) is 3.34. The molecular formula is C28H21BrIN3O6. The van der Waals surface area contributed by atoms with Gasteiger partial charge in [-0.3, -0.25) is 4.79 Å². The van der Waals surface area contributed by atoms with Gasteiger partial charge in [0.1, 0.15) is 5.58 Å². The van der Waals surface area contributed by atoms with Gasteiger partial charge in [-0.1, -0.05) is 28.1 Å². The third-order valence-corrected chi connectivity index (χ3v) is 6.96. The standard InChI is InChI=1S/C28H21BrIN3O6/c1-3-37-25(34)15-38-26-20(30)10-16(11-23(26)36-2)14-31-33-27(32-21-7-5-4-6-19(21)28(33)35)24-13-17-12-18(29)8-9-22(17)39-24/h4-14H,3,15H2,1-2H3. The molecular weight excluding hydrogens is 681 g/mol. The van der Waals surface area contributed by atoms with E-state index in [9.17, 15) is 9.59 Å². The summed E-state index contributed by atoms with van der Waals surface area (Å²) in [5.41, 5.74) is 1.48. The number of para-hydroxylation sites is 1. The van der Waals surface area contributed by atoms with E-state index in [1.807, 2.05) is 30.3 Å². The maximum atomic E-state index is 13.5. The van der Waals surface area contributed by atoms with Crippen LogP contribution in [-0.4, -0.2) is 42.2 Å². The molecule has 0 aliphatic rings. The molecule has 0 saturated heterocycles. The second-order valence-electron chi connectivity index (χ2n) is 8.23. The Labute approximate surface area is 244 Å². The molecule has 5 aromatic rings. The number of esters is 1. The Morgan fingerprint density at radius 1 is 1.18 bits per heavy atom. The molecule has 0 atom stereocenters. The maximum Gasteiger partial charge on any atom is 0.344 e. The third kappa shape index (κ3) is 5.69.